The molecule has 2 nitrogen and oxygen atoms in total. The van der Waals surface area contributed by atoms with Gasteiger partial charge in [-0.1, -0.05) is 154 Å². The minimum absolute atomic E-state index is 0.0342. The largest absolute Gasteiger partial charge is 0.494 e. The fourth-order valence-corrected chi connectivity index (χ4v) is 6.19. The Morgan fingerprint density at radius 3 is 1.51 bits per heavy atom. The first-order chi connectivity index (χ1) is 21.2. The van der Waals surface area contributed by atoms with Crippen LogP contribution in [0, 0.1) is 0 Å². The maximum absolute atomic E-state index is 12.5. The topological polar surface area (TPSA) is 26.3 Å². The van der Waals surface area contributed by atoms with Crippen LogP contribution < -0.4 is 4.74 Å². The number of allylic oxidation sites excluding steroid dienone is 1. The highest BCUT2D eigenvalue weighted by atomic mass is 32.2. The molecule has 0 radical (unpaired) electrons. The van der Waals surface area contributed by atoms with Gasteiger partial charge in [-0.05, 0) is 66.6 Å². The normalized spacial score (nSPS) is 11.4. The minimum Gasteiger partial charge on any atom is -0.494 e. The van der Waals surface area contributed by atoms with E-state index in [4.69, 9.17) is 4.74 Å². The van der Waals surface area contributed by atoms with E-state index in [1.807, 2.05) is 66.4 Å². The molecule has 0 heterocycles. The third-order valence-corrected chi connectivity index (χ3v) is 9.40. The summed E-state index contributed by atoms with van der Waals surface area (Å²) in [6.45, 7) is 5.25. The van der Waals surface area contributed by atoms with Crippen LogP contribution in [0.1, 0.15) is 165 Å². The third-order valence-electron chi connectivity index (χ3n) is 8.19. The van der Waals surface area contributed by atoms with Crippen LogP contribution in [0.15, 0.2) is 59.5 Å². The molecule has 0 amide bonds. The minimum atomic E-state index is 0.0342. The molecule has 43 heavy (non-hydrogen) atoms. The molecule has 0 fully saturated rings. The highest BCUT2D eigenvalue weighted by Crippen LogP contribution is 2.20. The standard InChI is InChI=1S/C40H62O2S/c1-3-5-6-7-8-9-10-11-12-13-14-15-16-17-18-19-20-21-22-23-34-42-38-29-24-36(25-30-38)26-33-40(41)37-27-31-39(32-28-37)43-35-4-2/h24-33H,3-23,34-35H2,1-2H3/b33-26+. The van der Waals surface area contributed by atoms with Crippen molar-refractivity contribution in [1.29, 1.82) is 0 Å². The summed E-state index contributed by atoms with van der Waals surface area (Å²) in [5.41, 5.74) is 1.74. The molecule has 0 aliphatic rings. The summed E-state index contributed by atoms with van der Waals surface area (Å²) in [7, 11) is 0. The molecule has 0 aliphatic heterocycles. The van der Waals surface area contributed by atoms with E-state index < -0.39 is 0 Å². The van der Waals surface area contributed by atoms with Gasteiger partial charge in [0.1, 0.15) is 5.75 Å². The molecule has 2 rings (SSSR count). The van der Waals surface area contributed by atoms with Gasteiger partial charge in [-0.2, -0.15) is 0 Å². The summed E-state index contributed by atoms with van der Waals surface area (Å²) >= 11 is 1.83. The Morgan fingerprint density at radius 1 is 0.581 bits per heavy atom. The van der Waals surface area contributed by atoms with E-state index in [1.165, 1.54) is 127 Å². The number of carbonyl (C=O) groups is 1. The van der Waals surface area contributed by atoms with Crippen LogP contribution in [0.4, 0.5) is 0 Å². The zero-order valence-electron chi connectivity index (χ0n) is 27.8. The number of thioether (sulfide) groups is 1. The highest BCUT2D eigenvalue weighted by molar-refractivity contribution is 7.99. The lowest BCUT2D eigenvalue weighted by Crippen LogP contribution is -1.97. The second-order valence-corrected chi connectivity index (χ2v) is 13.4. The second kappa shape index (κ2) is 26.4. The predicted molar refractivity (Wildman–Crippen MR) is 191 cm³/mol. The maximum Gasteiger partial charge on any atom is 0.185 e. The Kier molecular flexibility index (Phi) is 22.8. The monoisotopic (exact) mass is 606 g/mol. The average Bonchev–Trinajstić information content (AvgIpc) is 3.04. The molecule has 0 bridgehead atoms. The first-order valence-corrected chi connectivity index (χ1v) is 18.9. The van der Waals surface area contributed by atoms with Gasteiger partial charge in [0, 0.05) is 10.5 Å². The van der Waals surface area contributed by atoms with Crippen LogP contribution >= 0.6 is 11.8 Å². The van der Waals surface area contributed by atoms with E-state index in [0.717, 1.165) is 42.1 Å². The quantitative estimate of drug-likeness (QED) is 0.0417. The number of ether oxygens (including phenoxy) is 1. The summed E-state index contributed by atoms with van der Waals surface area (Å²) in [6.07, 6.45) is 32.7. The van der Waals surface area contributed by atoms with Crippen molar-refractivity contribution in [3.63, 3.8) is 0 Å². The summed E-state index contributed by atoms with van der Waals surface area (Å²) in [5, 5.41) is 0. The van der Waals surface area contributed by atoms with Crippen molar-refractivity contribution >= 4 is 23.6 Å². The van der Waals surface area contributed by atoms with Gasteiger partial charge in [0.05, 0.1) is 6.61 Å². The van der Waals surface area contributed by atoms with Gasteiger partial charge in [0.15, 0.2) is 5.78 Å². The maximum atomic E-state index is 12.5. The molecule has 0 saturated heterocycles. The molecule has 0 aromatic heterocycles. The van der Waals surface area contributed by atoms with Crippen LogP contribution in [-0.2, 0) is 0 Å². The van der Waals surface area contributed by atoms with Gasteiger partial charge in [0.2, 0.25) is 0 Å². The van der Waals surface area contributed by atoms with Crippen LogP contribution in [0.3, 0.4) is 0 Å². The fourth-order valence-electron chi connectivity index (χ4n) is 5.43. The number of unbranched alkanes of at least 4 members (excludes halogenated alkanes) is 19. The van der Waals surface area contributed by atoms with E-state index in [2.05, 4.69) is 13.8 Å². The van der Waals surface area contributed by atoms with Crippen LogP contribution in [-0.4, -0.2) is 18.1 Å². The van der Waals surface area contributed by atoms with Gasteiger partial charge >= 0.3 is 0 Å². The smallest absolute Gasteiger partial charge is 0.185 e. The van der Waals surface area contributed by atoms with E-state index >= 15 is 0 Å². The molecule has 2 aromatic carbocycles. The van der Waals surface area contributed by atoms with Crippen LogP contribution in [0.5, 0.6) is 5.75 Å². The SMILES string of the molecule is CCCCCCCCCCCCCCCCCCCCCCOc1ccc(/C=C/C(=O)c2ccc(SCCC)cc2)cc1. The fraction of sp³-hybridized carbons (Fsp3) is 0.625. The number of carbonyl (C=O) groups excluding carboxylic acids is 1. The van der Waals surface area contributed by atoms with Crippen molar-refractivity contribution in [2.24, 2.45) is 0 Å². The molecule has 0 spiro atoms. The first-order valence-electron chi connectivity index (χ1n) is 17.9. The Hall–Kier alpha value is -2.00. The molecule has 0 unspecified atom stereocenters. The number of hydrogen-bond acceptors (Lipinski definition) is 3. The van der Waals surface area contributed by atoms with Gasteiger partial charge in [-0.25, -0.2) is 0 Å². The Bertz CT molecular complexity index is 947. The van der Waals surface area contributed by atoms with Crippen molar-refractivity contribution in [1.82, 2.24) is 0 Å². The number of rotatable bonds is 28. The third kappa shape index (κ3) is 19.8. The average molecular weight is 607 g/mol. The molecule has 0 saturated carbocycles. The van der Waals surface area contributed by atoms with Crippen molar-refractivity contribution < 1.29 is 9.53 Å². The molecule has 0 atom stereocenters. The van der Waals surface area contributed by atoms with Gasteiger partial charge < -0.3 is 4.74 Å². The van der Waals surface area contributed by atoms with E-state index in [9.17, 15) is 4.79 Å². The molecular formula is C40H62O2S. The summed E-state index contributed by atoms with van der Waals surface area (Å²) in [6, 6.07) is 15.9. The zero-order valence-corrected chi connectivity index (χ0v) is 28.6. The number of benzene rings is 2. The van der Waals surface area contributed by atoms with Gasteiger partial charge in [-0.15, -0.1) is 11.8 Å². The summed E-state index contributed by atoms with van der Waals surface area (Å²) < 4.78 is 5.94. The summed E-state index contributed by atoms with van der Waals surface area (Å²) in [5.74, 6) is 2.04. The molecular weight excluding hydrogens is 545 g/mol. The first kappa shape index (κ1) is 37.2. The van der Waals surface area contributed by atoms with E-state index in [-0.39, 0.29) is 5.78 Å². The van der Waals surface area contributed by atoms with Crippen LogP contribution in [0.2, 0.25) is 0 Å². The molecule has 2 aromatic rings. The number of ketones is 1. The lowest BCUT2D eigenvalue weighted by atomic mass is 10.0. The predicted octanol–water partition coefficient (Wildman–Crippen LogP) is 13.3. The molecule has 0 aliphatic carbocycles. The van der Waals surface area contributed by atoms with Gasteiger partial charge in [0.25, 0.3) is 0 Å². The Labute approximate surface area is 269 Å². The van der Waals surface area contributed by atoms with Crippen molar-refractivity contribution in [2.75, 3.05) is 12.4 Å². The lowest BCUT2D eigenvalue weighted by molar-refractivity contribution is 0.104. The molecule has 0 N–H and O–H groups in total. The molecule has 240 valence electrons. The molecule has 3 heteroatoms. The Morgan fingerprint density at radius 2 is 1.05 bits per heavy atom. The van der Waals surface area contributed by atoms with E-state index in [1.54, 1.807) is 6.08 Å². The van der Waals surface area contributed by atoms with E-state index in [0.29, 0.717) is 0 Å². The Balaban J connectivity index is 1.39. The van der Waals surface area contributed by atoms with Gasteiger partial charge in [-0.3, -0.25) is 4.79 Å². The van der Waals surface area contributed by atoms with Crippen molar-refractivity contribution in [3.8, 4) is 5.75 Å². The second-order valence-electron chi connectivity index (χ2n) is 12.2. The van der Waals surface area contributed by atoms with Crippen molar-refractivity contribution in [3.05, 3.63) is 65.7 Å². The van der Waals surface area contributed by atoms with Crippen LogP contribution in [0.25, 0.3) is 6.08 Å². The zero-order chi connectivity index (χ0) is 30.6. The number of hydrogen-bond donors (Lipinski definition) is 0. The van der Waals surface area contributed by atoms with Crippen molar-refractivity contribution in [2.45, 2.75) is 154 Å². The highest BCUT2D eigenvalue weighted by Gasteiger charge is 2.03. The lowest BCUT2D eigenvalue weighted by Gasteiger charge is -2.07. The summed E-state index contributed by atoms with van der Waals surface area (Å²) in [4.78, 5) is 13.7.